The molecule has 9 heteroatoms. The highest BCUT2D eigenvalue weighted by Gasteiger charge is 2.31. The Labute approximate surface area is 169 Å². The Kier molecular flexibility index (Phi) is 7.69. The zero-order valence-electron chi connectivity index (χ0n) is 16.4. The number of ether oxygens (including phenoxy) is 1. The van der Waals surface area contributed by atoms with Crippen LogP contribution in [0.3, 0.4) is 0 Å². The number of carbonyl (C=O) groups excluding carboxylic acids is 1. The third kappa shape index (κ3) is 6.23. The standard InChI is InChI=1S/C20H24F2N2O4S/c1-14(2)19(23-29(26,27)18-7-5-4-6-17(18)22)20(25)24(3)12-13-28-16-10-8-15(21)9-11-16/h4-11,14,19,23H,12-13H2,1-3H3/t19-/m1/s1. The number of sulfonamides is 1. The molecule has 158 valence electrons. The maximum Gasteiger partial charge on any atom is 0.244 e. The van der Waals surface area contributed by atoms with Crippen molar-refractivity contribution in [1.29, 1.82) is 0 Å². The summed E-state index contributed by atoms with van der Waals surface area (Å²) in [5.41, 5.74) is 0. The molecule has 0 saturated heterocycles. The van der Waals surface area contributed by atoms with E-state index in [2.05, 4.69) is 4.72 Å². The van der Waals surface area contributed by atoms with Crippen molar-refractivity contribution in [2.24, 2.45) is 5.92 Å². The van der Waals surface area contributed by atoms with E-state index in [1.807, 2.05) is 0 Å². The molecule has 29 heavy (non-hydrogen) atoms. The SMILES string of the molecule is CC(C)[C@@H](NS(=O)(=O)c1ccccc1F)C(=O)N(C)CCOc1ccc(F)cc1. The molecule has 0 radical (unpaired) electrons. The van der Waals surface area contributed by atoms with Gasteiger partial charge in [0.05, 0.1) is 6.54 Å². The highest BCUT2D eigenvalue weighted by Crippen LogP contribution is 2.16. The van der Waals surface area contributed by atoms with Crippen molar-refractivity contribution in [1.82, 2.24) is 9.62 Å². The van der Waals surface area contributed by atoms with Crippen LogP contribution in [0.4, 0.5) is 8.78 Å². The lowest BCUT2D eigenvalue weighted by Gasteiger charge is -2.27. The highest BCUT2D eigenvalue weighted by molar-refractivity contribution is 7.89. The minimum absolute atomic E-state index is 0.138. The van der Waals surface area contributed by atoms with Gasteiger partial charge >= 0.3 is 0 Å². The number of likely N-dealkylation sites (N-methyl/N-ethyl adjacent to an activating group) is 1. The fourth-order valence-corrected chi connectivity index (χ4v) is 3.96. The molecule has 0 aliphatic carbocycles. The van der Waals surface area contributed by atoms with Gasteiger partial charge in [0.25, 0.3) is 0 Å². The van der Waals surface area contributed by atoms with E-state index >= 15 is 0 Å². The summed E-state index contributed by atoms with van der Waals surface area (Å²) in [4.78, 5) is 13.6. The number of amides is 1. The summed E-state index contributed by atoms with van der Waals surface area (Å²) in [5.74, 6) is -1.66. The van der Waals surface area contributed by atoms with Gasteiger partial charge in [0.1, 0.15) is 34.9 Å². The van der Waals surface area contributed by atoms with Gasteiger partial charge in [-0.05, 0) is 42.3 Å². The van der Waals surface area contributed by atoms with Crippen LogP contribution in [0.15, 0.2) is 53.4 Å². The lowest BCUT2D eigenvalue weighted by atomic mass is 10.0. The minimum Gasteiger partial charge on any atom is -0.492 e. The van der Waals surface area contributed by atoms with Crippen LogP contribution >= 0.6 is 0 Å². The number of benzene rings is 2. The van der Waals surface area contributed by atoms with E-state index in [9.17, 15) is 22.0 Å². The highest BCUT2D eigenvalue weighted by atomic mass is 32.2. The maximum absolute atomic E-state index is 13.9. The molecule has 2 aromatic carbocycles. The molecule has 1 amide bonds. The topological polar surface area (TPSA) is 75.7 Å². The second kappa shape index (κ2) is 9.80. The van der Waals surface area contributed by atoms with Crippen LogP contribution in [0.1, 0.15) is 13.8 Å². The summed E-state index contributed by atoms with van der Waals surface area (Å²) in [6.45, 7) is 3.70. The molecular weight excluding hydrogens is 402 g/mol. The van der Waals surface area contributed by atoms with Crippen molar-refractivity contribution in [3.05, 3.63) is 60.2 Å². The molecular formula is C20H24F2N2O4S. The Hall–Kier alpha value is -2.52. The van der Waals surface area contributed by atoms with Gasteiger partial charge < -0.3 is 9.64 Å². The van der Waals surface area contributed by atoms with Crippen molar-refractivity contribution >= 4 is 15.9 Å². The van der Waals surface area contributed by atoms with Gasteiger partial charge in [0.2, 0.25) is 15.9 Å². The van der Waals surface area contributed by atoms with Crippen molar-refractivity contribution in [3.63, 3.8) is 0 Å². The van der Waals surface area contributed by atoms with Crippen LogP contribution in [0, 0.1) is 17.6 Å². The quantitative estimate of drug-likeness (QED) is 0.669. The third-order valence-electron chi connectivity index (χ3n) is 4.23. The normalized spacial score (nSPS) is 12.6. The van der Waals surface area contributed by atoms with E-state index in [-0.39, 0.29) is 24.9 Å². The molecule has 2 aromatic rings. The second-order valence-corrected chi connectivity index (χ2v) is 8.52. The zero-order valence-corrected chi connectivity index (χ0v) is 17.2. The molecule has 0 heterocycles. The fourth-order valence-electron chi connectivity index (χ4n) is 2.54. The first kappa shape index (κ1) is 22.8. The molecule has 6 nitrogen and oxygen atoms in total. The monoisotopic (exact) mass is 426 g/mol. The lowest BCUT2D eigenvalue weighted by Crippen LogP contribution is -2.50. The predicted molar refractivity (Wildman–Crippen MR) is 105 cm³/mol. The Morgan fingerprint density at radius 1 is 1.10 bits per heavy atom. The first-order valence-electron chi connectivity index (χ1n) is 9.02. The average Bonchev–Trinajstić information content (AvgIpc) is 2.67. The second-order valence-electron chi connectivity index (χ2n) is 6.84. The molecule has 0 saturated carbocycles. The van der Waals surface area contributed by atoms with Crippen LogP contribution < -0.4 is 9.46 Å². The van der Waals surface area contributed by atoms with Gasteiger partial charge in [-0.2, -0.15) is 4.72 Å². The van der Waals surface area contributed by atoms with E-state index in [4.69, 9.17) is 4.74 Å². The third-order valence-corrected chi connectivity index (χ3v) is 5.70. The summed E-state index contributed by atoms with van der Waals surface area (Å²) in [6.07, 6.45) is 0. The van der Waals surface area contributed by atoms with Crippen LogP contribution in [0.25, 0.3) is 0 Å². The summed E-state index contributed by atoms with van der Waals surface area (Å²) in [6, 6.07) is 9.35. The predicted octanol–water partition coefficient (Wildman–Crippen LogP) is 2.81. The summed E-state index contributed by atoms with van der Waals surface area (Å²) < 4.78 is 59.6. The van der Waals surface area contributed by atoms with Gasteiger partial charge in [-0.25, -0.2) is 17.2 Å². The van der Waals surface area contributed by atoms with Crippen LogP contribution in [-0.4, -0.2) is 45.5 Å². The summed E-state index contributed by atoms with van der Waals surface area (Å²) in [5, 5.41) is 0. The number of hydrogen-bond acceptors (Lipinski definition) is 4. The summed E-state index contributed by atoms with van der Waals surface area (Å²) in [7, 11) is -2.70. The molecule has 0 aromatic heterocycles. The number of nitrogens with one attached hydrogen (secondary N) is 1. The van der Waals surface area contributed by atoms with Crippen molar-refractivity contribution in [2.75, 3.05) is 20.2 Å². The molecule has 0 aliphatic rings. The van der Waals surface area contributed by atoms with Gasteiger partial charge in [-0.15, -0.1) is 0 Å². The molecule has 1 atom stereocenters. The minimum atomic E-state index is -4.22. The molecule has 0 spiro atoms. The smallest absolute Gasteiger partial charge is 0.244 e. The van der Waals surface area contributed by atoms with E-state index in [0.717, 1.165) is 12.1 Å². The van der Waals surface area contributed by atoms with Crippen LogP contribution in [0.2, 0.25) is 0 Å². The summed E-state index contributed by atoms with van der Waals surface area (Å²) >= 11 is 0. The molecule has 0 aliphatic heterocycles. The molecule has 1 N–H and O–H groups in total. The van der Waals surface area contributed by atoms with E-state index in [1.165, 1.54) is 48.3 Å². The number of nitrogens with zero attached hydrogens (tertiary/aromatic N) is 1. The van der Waals surface area contributed by atoms with Crippen molar-refractivity contribution in [3.8, 4) is 5.75 Å². The largest absolute Gasteiger partial charge is 0.492 e. The fraction of sp³-hybridized carbons (Fsp3) is 0.350. The number of hydrogen-bond donors (Lipinski definition) is 1. The van der Waals surface area contributed by atoms with E-state index < -0.39 is 32.7 Å². The van der Waals surface area contributed by atoms with Crippen molar-refractivity contribution < 1.29 is 26.7 Å². The molecule has 2 rings (SSSR count). The van der Waals surface area contributed by atoms with Crippen LogP contribution in [-0.2, 0) is 14.8 Å². The zero-order chi connectivity index (χ0) is 21.6. The van der Waals surface area contributed by atoms with Crippen LogP contribution in [0.5, 0.6) is 5.75 Å². The van der Waals surface area contributed by atoms with Gasteiger partial charge in [-0.1, -0.05) is 26.0 Å². The van der Waals surface area contributed by atoms with Crippen molar-refractivity contribution in [2.45, 2.75) is 24.8 Å². The van der Waals surface area contributed by atoms with Gasteiger partial charge in [0.15, 0.2) is 0 Å². The first-order valence-corrected chi connectivity index (χ1v) is 10.5. The van der Waals surface area contributed by atoms with Gasteiger partial charge in [0, 0.05) is 7.05 Å². The number of rotatable bonds is 9. The number of carbonyl (C=O) groups is 1. The molecule has 0 fully saturated rings. The van der Waals surface area contributed by atoms with Gasteiger partial charge in [-0.3, -0.25) is 4.79 Å². The average molecular weight is 426 g/mol. The first-order chi connectivity index (χ1) is 13.6. The Balaban J connectivity index is 2.02. The van der Waals surface area contributed by atoms with E-state index in [0.29, 0.717) is 5.75 Å². The molecule has 0 bridgehead atoms. The Morgan fingerprint density at radius 2 is 1.72 bits per heavy atom. The lowest BCUT2D eigenvalue weighted by molar-refractivity contribution is -0.133. The number of halogens is 2. The van der Waals surface area contributed by atoms with E-state index in [1.54, 1.807) is 13.8 Å². The maximum atomic E-state index is 13.9. The Bertz CT molecular complexity index is 934. The Morgan fingerprint density at radius 3 is 2.31 bits per heavy atom. The molecule has 0 unspecified atom stereocenters.